The molecule has 1 aliphatic carbocycles. The minimum atomic E-state index is -3.41. The van der Waals surface area contributed by atoms with Crippen molar-refractivity contribution in [2.75, 3.05) is 55.9 Å². The van der Waals surface area contributed by atoms with E-state index in [2.05, 4.69) is 0 Å². The van der Waals surface area contributed by atoms with Gasteiger partial charge in [0.15, 0.2) is 5.41 Å². The summed E-state index contributed by atoms with van der Waals surface area (Å²) in [6, 6.07) is 0. The molecule has 1 rings (SSSR count). The van der Waals surface area contributed by atoms with Gasteiger partial charge in [0.2, 0.25) is 0 Å². The maximum Gasteiger partial charge on any atom is 0.339 e. The Morgan fingerprint density at radius 3 is 1.02 bits per heavy atom. The van der Waals surface area contributed by atoms with Gasteiger partial charge < -0.3 is 37.9 Å². The quantitative estimate of drug-likeness (QED) is 0.170. The smallest absolute Gasteiger partial charge is 0.339 e. The number of carbonyl (C=O) groups excluding carboxylic acids is 8. The van der Waals surface area contributed by atoms with E-state index in [0.29, 0.717) is 0 Å². The first kappa shape index (κ1) is 34.3. The van der Waals surface area contributed by atoms with Gasteiger partial charge in [0.1, 0.15) is 11.8 Å². The molecule has 0 aromatic heterocycles. The summed E-state index contributed by atoms with van der Waals surface area (Å²) >= 11 is 0. The molecule has 2 atom stereocenters. The third kappa shape index (κ3) is 5.90. The molecule has 0 fully saturated rings. The van der Waals surface area contributed by atoms with E-state index in [4.69, 9.17) is 37.9 Å². The first-order chi connectivity index (χ1) is 19.4. The van der Waals surface area contributed by atoms with Crippen LogP contribution in [0.1, 0.15) is 13.8 Å². The van der Waals surface area contributed by atoms with Crippen LogP contribution in [0.15, 0.2) is 22.3 Å². The topological polar surface area (TPSA) is 210 Å². The minimum absolute atomic E-state index is 0.482. The first-order valence-corrected chi connectivity index (χ1v) is 11.7. The number of hydrogen-bond acceptors (Lipinski definition) is 16. The molecule has 0 amide bonds. The van der Waals surface area contributed by atoms with Gasteiger partial charge in [-0.15, -0.1) is 0 Å². The SMILES string of the molecule is CCOC(=O)C1(C(=O)OCC)C(C(=O)OC)C(C(=O)OC)=C(C(=O)OC)C(C(=O)OC)=C(C(=O)OC)C1C(=O)OC. The molecule has 0 N–H and O–H groups in total. The number of hydrogen-bond donors (Lipinski definition) is 0. The fourth-order valence-electron chi connectivity index (χ4n) is 4.37. The Labute approximate surface area is 233 Å². The van der Waals surface area contributed by atoms with Crippen LogP contribution in [0.2, 0.25) is 0 Å². The third-order valence-corrected chi connectivity index (χ3v) is 5.97. The lowest BCUT2D eigenvalue weighted by molar-refractivity contribution is -0.190. The fraction of sp³-hybridized carbons (Fsp3) is 0.520. The maximum absolute atomic E-state index is 13.9. The van der Waals surface area contributed by atoms with Crippen molar-refractivity contribution in [3.05, 3.63) is 22.3 Å². The molecule has 0 heterocycles. The van der Waals surface area contributed by atoms with E-state index >= 15 is 0 Å². The van der Waals surface area contributed by atoms with Gasteiger partial charge in [-0.3, -0.25) is 19.2 Å². The van der Waals surface area contributed by atoms with Crippen molar-refractivity contribution in [2.45, 2.75) is 13.8 Å². The van der Waals surface area contributed by atoms with Crippen LogP contribution in [0, 0.1) is 17.3 Å². The summed E-state index contributed by atoms with van der Waals surface area (Å²) in [5.41, 5.74) is -8.20. The molecule has 41 heavy (non-hydrogen) atoms. The second-order valence-corrected chi connectivity index (χ2v) is 7.77. The van der Waals surface area contributed by atoms with E-state index in [1.807, 2.05) is 0 Å². The fourth-order valence-corrected chi connectivity index (χ4v) is 4.37. The van der Waals surface area contributed by atoms with E-state index in [1.165, 1.54) is 13.8 Å². The summed E-state index contributed by atoms with van der Waals surface area (Å²) in [4.78, 5) is 108. The number of carbonyl (C=O) groups is 8. The molecule has 0 spiro atoms. The molecule has 0 radical (unpaired) electrons. The lowest BCUT2D eigenvalue weighted by atomic mass is 9.62. The molecule has 0 aromatic carbocycles. The number of esters is 8. The summed E-state index contributed by atoms with van der Waals surface area (Å²) in [5.74, 6) is -18.2. The van der Waals surface area contributed by atoms with E-state index in [1.54, 1.807) is 0 Å². The van der Waals surface area contributed by atoms with Crippen LogP contribution in [0.3, 0.4) is 0 Å². The van der Waals surface area contributed by atoms with Crippen LogP contribution >= 0.6 is 0 Å². The third-order valence-electron chi connectivity index (χ3n) is 5.97. The molecular formula is C25H30O16. The van der Waals surface area contributed by atoms with Crippen molar-refractivity contribution in [1.82, 2.24) is 0 Å². The molecule has 0 bridgehead atoms. The van der Waals surface area contributed by atoms with Crippen molar-refractivity contribution in [1.29, 1.82) is 0 Å². The standard InChI is InChI=1S/C25H30O16/c1-9-40-23(32)25(24(33)41-10-2)15(21(30)38-7)13(19(28)36-5)11(17(26)34-3)12(18(27)35-4)14(20(29)37-6)16(25)22(31)39-8/h15-16H,9-10H2,1-8H3. The van der Waals surface area contributed by atoms with Gasteiger partial charge in [-0.1, -0.05) is 0 Å². The molecule has 0 saturated heterocycles. The monoisotopic (exact) mass is 586 g/mol. The van der Waals surface area contributed by atoms with E-state index in [-0.39, 0.29) is 0 Å². The largest absolute Gasteiger partial charge is 0.469 e. The van der Waals surface area contributed by atoms with Crippen molar-refractivity contribution >= 4 is 47.8 Å². The van der Waals surface area contributed by atoms with Crippen LogP contribution in [-0.4, -0.2) is 104 Å². The molecule has 1 aliphatic rings. The lowest BCUT2D eigenvalue weighted by Gasteiger charge is -2.38. The van der Waals surface area contributed by atoms with Crippen LogP contribution in [0.25, 0.3) is 0 Å². The van der Waals surface area contributed by atoms with E-state index in [0.717, 1.165) is 42.7 Å². The Morgan fingerprint density at radius 1 is 0.512 bits per heavy atom. The molecule has 2 unspecified atom stereocenters. The highest BCUT2D eigenvalue weighted by molar-refractivity contribution is 6.22. The Bertz CT molecular complexity index is 1100. The average molecular weight is 586 g/mol. The summed E-state index contributed by atoms with van der Waals surface area (Å²) in [6.45, 7) is 1.62. The van der Waals surface area contributed by atoms with Crippen LogP contribution in [-0.2, 0) is 76.3 Å². The van der Waals surface area contributed by atoms with Crippen molar-refractivity contribution in [3.63, 3.8) is 0 Å². The van der Waals surface area contributed by atoms with Crippen LogP contribution in [0.5, 0.6) is 0 Å². The molecule has 0 saturated carbocycles. The predicted molar refractivity (Wildman–Crippen MR) is 129 cm³/mol. The summed E-state index contributed by atoms with van der Waals surface area (Å²) in [7, 11) is 4.75. The van der Waals surface area contributed by atoms with Crippen molar-refractivity contribution in [3.8, 4) is 0 Å². The maximum atomic E-state index is 13.9. The molecule has 16 heteroatoms. The van der Waals surface area contributed by atoms with Crippen molar-refractivity contribution in [2.24, 2.45) is 17.3 Å². The van der Waals surface area contributed by atoms with E-state index in [9.17, 15) is 38.4 Å². The highest BCUT2D eigenvalue weighted by Crippen LogP contribution is 2.52. The number of ether oxygens (including phenoxy) is 8. The van der Waals surface area contributed by atoms with Gasteiger partial charge >= 0.3 is 47.8 Å². The summed E-state index contributed by atoms with van der Waals surface area (Å²) < 4.78 is 38.7. The van der Waals surface area contributed by atoms with Crippen LogP contribution in [0.4, 0.5) is 0 Å². The lowest BCUT2D eigenvalue weighted by Crippen LogP contribution is -2.59. The zero-order valence-corrected chi connectivity index (χ0v) is 23.6. The molecule has 16 nitrogen and oxygen atoms in total. The Hall–Kier alpha value is -4.76. The Kier molecular flexibility index (Phi) is 12.2. The highest BCUT2D eigenvalue weighted by Gasteiger charge is 2.71. The Morgan fingerprint density at radius 2 is 0.805 bits per heavy atom. The van der Waals surface area contributed by atoms with Crippen LogP contribution < -0.4 is 0 Å². The zero-order valence-electron chi connectivity index (χ0n) is 23.6. The number of rotatable bonds is 10. The van der Waals surface area contributed by atoms with Gasteiger partial charge in [-0.05, 0) is 13.8 Å². The van der Waals surface area contributed by atoms with Gasteiger partial charge in [0.25, 0.3) is 0 Å². The van der Waals surface area contributed by atoms with Gasteiger partial charge in [0, 0.05) is 0 Å². The zero-order chi connectivity index (χ0) is 31.7. The first-order valence-electron chi connectivity index (χ1n) is 11.7. The normalized spacial score (nSPS) is 17.8. The summed E-state index contributed by atoms with van der Waals surface area (Å²) in [5, 5.41) is 0. The Balaban J connectivity index is 5.07. The second kappa shape index (κ2) is 14.6. The minimum Gasteiger partial charge on any atom is -0.469 e. The van der Waals surface area contributed by atoms with Gasteiger partial charge in [0.05, 0.1) is 78.2 Å². The molecule has 0 aliphatic heterocycles. The predicted octanol–water partition coefficient (Wildman–Crippen LogP) is -1.02. The summed E-state index contributed by atoms with van der Waals surface area (Å²) in [6.07, 6.45) is 0. The van der Waals surface area contributed by atoms with Crippen molar-refractivity contribution < 1.29 is 76.3 Å². The molecule has 0 aromatic rings. The molecule has 226 valence electrons. The molecular weight excluding hydrogens is 556 g/mol. The van der Waals surface area contributed by atoms with E-state index < -0.39 is 101 Å². The van der Waals surface area contributed by atoms with Gasteiger partial charge in [-0.2, -0.15) is 0 Å². The second-order valence-electron chi connectivity index (χ2n) is 7.77. The average Bonchev–Trinajstić information content (AvgIpc) is 3.10. The van der Waals surface area contributed by atoms with Gasteiger partial charge in [-0.25, -0.2) is 19.2 Å². The number of methoxy groups -OCH3 is 6. The highest BCUT2D eigenvalue weighted by atomic mass is 16.6.